The predicted octanol–water partition coefficient (Wildman–Crippen LogP) is 3.00. The number of anilines is 1. The van der Waals surface area contributed by atoms with Crippen molar-refractivity contribution in [3.8, 4) is 0 Å². The number of carbonyl (C=O) groups is 2. The number of amides is 2. The molecule has 2 saturated carbocycles. The van der Waals surface area contributed by atoms with Gasteiger partial charge in [0.05, 0.1) is 19.2 Å². The highest BCUT2D eigenvalue weighted by molar-refractivity contribution is 6.01. The zero-order chi connectivity index (χ0) is 20.0. The molecule has 3 N–H and O–H groups in total. The van der Waals surface area contributed by atoms with Crippen molar-refractivity contribution in [2.75, 3.05) is 4.90 Å². The molecule has 152 valence electrons. The molecule has 2 aromatic rings. The molecule has 1 aromatic carbocycles. The molecule has 29 heavy (non-hydrogen) atoms. The Bertz CT molecular complexity index is 923. The molecule has 2 unspecified atom stereocenters. The molecule has 5 rings (SSSR count). The highest BCUT2D eigenvalue weighted by Gasteiger charge is 2.40. The molecule has 2 fully saturated rings. The Labute approximate surface area is 170 Å². The predicted molar refractivity (Wildman–Crippen MR) is 109 cm³/mol. The second-order valence-electron chi connectivity index (χ2n) is 8.74. The average Bonchev–Trinajstić information content (AvgIpc) is 3.27. The van der Waals surface area contributed by atoms with Crippen molar-refractivity contribution in [2.24, 2.45) is 17.6 Å². The summed E-state index contributed by atoms with van der Waals surface area (Å²) in [5.74, 6) is 1.09. The third-order valence-electron chi connectivity index (χ3n) is 6.88. The zero-order valence-corrected chi connectivity index (χ0v) is 16.5. The molecule has 2 heterocycles. The van der Waals surface area contributed by atoms with Gasteiger partial charge >= 0.3 is 0 Å². The molecule has 2 amide bonds. The van der Waals surface area contributed by atoms with E-state index in [0.717, 1.165) is 42.5 Å². The fraction of sp³-hybridized carbons (Fsp3) is 0.478. The Morgan fingerprint density at radius 3 is 2.72 bits per heavy atom. The van der Waals surface area contributed by atoms with E-state index in [2.05, 4.69) is 5.32 Å². The maximum atomic E-state index is 13.1. The summed E-state index contributed by atoms with van der Waals surface area (Å²) < 4.78 is 5.57. The fourth-order valence-corrected chi connectivity index (χ4v) is 5.56. The van der Waals surface area contributed by atoms with Gasteiger partial charge in [0.15, 0.2) is 5.76 Å². The van der Waals surface area contributed by atoms with Gasteiger partial charge in [-0.05, 0) is 55.2 Å². The van der Waals surface area contributed by atoms with E-state index in [4.69, 9.17) is 10.2 Å². The number of hydrogen-bond donors (Lipinski definition) is 2. The SMILES string of the molecule is NC1CC2CCCC(C1)C2NC(=O)c1occc1CN1C(=O)Cc2ccccc21. The topological polar surface area (TPSA) is 88.6 Å². The minimum Gasteiger partial charge on any atom is -0.459 e. The summed E-state index contributed by atoms with van der Waals surface area (Å²) in [5, 5.41) is 3.25. The van der Waals surface area contributed by atoms with Crippen molar-refractivity contribution >= 4 is 17.5 Å². The molecule has 3 aliphatic rings. The van der Waals surface area contributed by atoms with Gasteiger partial charge in [0.25, 0.3) is 5.91 Å². The van der Waals surface area contributed by atoms with Crippen LogP contribution in [0.2, 0.25) is 0 Å². The molecule has 0 spiro atoms. The number of furan rings is 1. The second kappa shape index (κ2) is 7.34. The number of nitrogens with one attached hydrogen (secondary N) is 1. The molecule has 2 aliphatic carbocycles. The Kier molecular flexibility index (Phi) is 4.66. The highest BCUT2D eigenvalue weighted by atomic mass is 16.3. The second-order valence-corrected chi connectivity index (χ2v) is 8.74. The van der Waals surface area contributed by atoms with E-state index in [1.165, 1.54) is 12.7 Å². The van der Waals surface area contributed by atoms with Crippen LogP contribution in [0.1, 0.15) is 53.8 Å². The first-order chi connectivity index (χ1) is 14.1. The Balaban J connectivity index is 1.33. The minimum atomic E-state index is -0.178. The lowest BCUT2D eigenvalue weighted by Gasteiger charge is -2.45. The summed E-state index contributed by atoms with van der Waals surface area (Å²) in [6, 6.07) is 10.0. The van der Waals surface area contributed by atoms with Crippen molar-refractivity contribution in [2.45, 2.75) is 57.2 Å². The summed E-state index contributed by atoms with van der Waals surface area (Å²) in [6.45, 7) is 0.345. The van der Waals surface area contributed by atoms with Gasteiger partial charge in [0, 0.05) is 23.3 Å². The minimum absolute atomic E-state index is 0.0505. The summed E-state index contributed by atoms with van der Waals surface area (Å²) in [4.78, 5) is 27.3. The fourth-order valence-electron chi connectivity index (χ4n) is 5.56. The van der Waals surface area contributed by atoms with Gasteiger partial charge in [-0.25, -0.2) is 0 Å². The first kappa shape index (κ1) is 18.4. The first-order valence-electron chi connectivity index (χ1n) is 10.6. The zero-order valence-electron chi connectivity index (χ0n) is 16.5. The van der Waals surface area contributed by atoms with Crippen LogP contribution in [0.15, 0.2) is 41.0 Å². The van der Waals surface area contributed by atoms with Crippen molar-refractivity contribution < 1.29 is 14.0 Å². The lowest BCUT2D eigenvalue weighted by molar-refractivity contribution is -0.117. The van der Waals surface area contributed by atoms with Crippen molar-refractivity contribution in [3.63, 3.8) is 0 Å². The van der Waals surface area contributed by atoms with Gasteiger partial charge < -0.3 is 20.4 Å². The molecule has 6 nitrogen and oxygen atoms in total. The van der Waals surface area contributed by atoms with E-state index in [-0.39, 0.29) is 23.9 Å². The number of rotatable bonds is 4. The average molecular weight is 393 g/mol. The summed E-state index contributed by atoms with van der Waals surface area (Å²) in [6.07, 6.45) is 7.36. The number of carbonyl (C=O) groups excluding carboxylic acids is 2. The van der Waals surface area contributed by atoms with Crippen LogP contribution in [0.3, 0.4) is 0 Å². The van der Waals surface area contributed by atoms with Gasteiger partial charge in [-0.3, -0.25) is 9.59 Å². The van der Waals surface area contributed by atoms with E-state index < -0.39 is 0 Å². The van der Waals surface area contributed by atoms with Crippen LogP contribution in [0.5, 0.6) is 0 Å². The molecule has 1 aromatic heterocycles. The third kappa shape index (κ3) is 3.35. The molecular formula is C23H27N3O3. The highest BCUT2D eigenvalue weighted by Crippen LogP contribution is 2.40. The van der Waals surface area contributed by atoms with Crippen molar-refractivity contribution in [3.05, 3.63) is 53.5 Å². The lowest BCUT2D eigenvalue weighted by Crippen LogP contribution is -2.53. The van der Waals surface area contributed by atoms with Crippen LogP contribution in [-0.4, -0.2) is 23.9 Å². The van der Waals surface area contributed by atoms with Crippen LogP contribution in [0.4, 0.5) is 5.69 Å². The van der Waals surface area contributed by atoms with Gasteiger partial charge in [-0.1, -0.05) is 24.6 Å². The van der Waals surface area contributed by atoms with Crippen LogP contribution in [0.25, 0.3) is 0 Å². The van der Waals surface area contributed by atoms with E-state index >= 15 is 0 Å². The smallest absolute Gasteiger partial charge is 0.287 e. The summed E-state index contributed by atoms with van der Waals surface area (Å²) in [5.41, 5.74) is 8.90. The van der Waals surface area contributed by atoms with Crippen LogP contribution >= 0.6 is 0 Å². The monoisotopic (exact) mass is 393 g/mol. The van der Waals surface area contributed by atoms with Crippen LogP contribution in [0, 0.1) is 11.8 Å². The Morgan fingerprint density at radius 2 is 1.93 bits per heavy atom. The quantitative estimate of drug-likeness (QED) is 0.836. The number of benzene rings is 1. The van der Waals surface area contributed by atoms with E-state index in [0.29, 0.717) is 30.6 Å². The molecule has 1 aliphatic heterocycles. The van der Waals surface area contributed by atoms with Gasteiger partial charge in [0.1, 0.15) is 0 Å². The Morgan fingerprint density at radius 1 is 1.17 bits per heavy atom. The van der Waals surface area contributed by atoms with E-state index in [1.54, 1.807) is 11.0 Å². The van der Waals surface area contributed by atoms with E-state index in [1.807, 2.05) is 24.3 Å². The van der Waals surface area contributed by atoms with Crippen molar-refractivity contribution in [1.82, 2.24) is 5.32 Å². The van der Waals surface area contributed by atoms with Gasteiger partial charge in [-0.2, -0.15) is 0 Å². The summed E-state index contributed by atoms with van der Waals surface area (Å²) in [7, 11) is 0. The first-order valence-corrected chi connectivity index (χ1v) is 10.6. The molecule has 0 saturated heterocycles. The molecule has 0 radical (unpaired) electrons. The van der Waals surface area contributed by atoms with Crippen molar-refractivity contribution in [1.29, 1.82) is 0 Å². The number of nitrogens with zero attached hydrogens (tertiary/aromatic N) is 1. The molecule has 2 atom stereocenters. The molecule has 6 heteroatoms. The maximum Gasteiger partial charge on any atom is 0.287 e. The largest absolute Gasteiger partial charge is 0.459 e. The van der Waals surface area contributed by atoms with Gasteiger partial charge in [0.2, 0.25) is 5.91 Å². The number of fused-ring (bicyclic) bond motifs is 3. The number of hydrogen-bond acceptors (Lipinski definition) is 4. The normalized spacial score (nSPS) is 28.3. The van der Waals surface area contributed by atoms with Crippen LogP contribution in [-0.2, 0) is 17.8 Å². The third-order valence-corrected chi connectivity index (χ3v) is 6.88. The standard InChI is InChI=1S/C23H27N3O3/c24-18-10-15-5-3-6-16(11-18)21(15)25-23(28)22-17(8-9-29-22)13-26-19-7-2-1-4-14(19)12-20(26)27/h1-2,4,7-9,15-16,18,21H,3,5-6,10-13,24H2,(H,25,28). The summed E-state index contributed by atoms with van der Waals surface area (Å²) >= 11 is 0. The molecule has 2 bridgehead atoms. The number of para-hydroxylation sites is 1. The van der Waals surface area contributed by atoms with Gasteiger partial charge in [-0.15, -0.1) is 0 Å². The molecular weight excluding hydrogens is 366 g/mol. The van der Waals surface area contributed by atoms with E-state index in [9.17, 15) is 9.59 Å². The maximum absolute atomic E-state index is 13.1. The van der Waals surface area contributed by atoms with Crippen LogP contribution < -0.4 is 16.0 Å². The number of nitrogens with two attached hydrogens (primary N) is 1. The lowest BCUT2D eigenvalue weighted by atomic mass is 9.67. The Hall–Kier alpha value is -2.60.